The molecule has 1 heterocycles. The summed E-state index contributed by atoms with van der Waals surface area (Å²) >= 11 is 1.75. The first-order chi connectivity index (χ1) is 8.60. The molecule has 0 bridgehead atoms. The van der Waals surface area contributed by atoms with Crippen LogP contribution < -0.4 is 10.1 Å². The van der Waals surface area contributed by atoms with Gasteiger partial charge in [0.25, 0.3) is 5.88 Å². The van der Waals surface area contributed by atoms with Crippen molar-refractivity contribution in [1.29, 1.82) is 0 Å². The average Bonchev–Trinajstić information content (AvgIpc) is 2.37. The molecule has 1 atom stereocenters. The fourth-order valence-electron chi connectivity index (χ4n) is 1.32. The van der Waals surface area contributed by atoms with E-state index in [2.05, 4.69) is 22.2 Å². The molecular formula is C10H16N4O3S. The van der Waals surface area contributed by atoms with E-state index in [1.54, 1.807) is 11.8 Å². The van der Waals surface area contributed by atoms with Gasteiger partial charge in [0.15, 0.2) is 0 Å². The molecule has 1 unspecified atom stereocenters. The number of ether oxygens (including phenoxy) is 1. The molecule has 0 saturated carbocycles. The third kappa shape index (κ3) is 3.73. The minimum atomic E-state index is -0.542. The third-order valence-corrected chi connectivity index (χ3v) is 3.45. The number of nitro groups is 1. The van der Waals surface area contributed by atoms with Crippen molar-refractivity contribution in [1.82, 2.24) is 9.97 Å². The van der Waals surface area contributed by atoms with Gasteiger partial charge in [-0.1, -0.05) is 6.92 Å². The van der Waals surface area contributed by atoms with Crippen molar-refractivity contribution < 1.29 is 9.66 Å². The highest BCUT2D eigenvalue weighted by Gasteiger charge is 2.23. The first kappa shape index (κ1) is 14.5. The summed E-state index contributed by atoms with van der Waals surface area (Å²) in [5.74, 6) is 0.163. The van der Waals surface area contributed by atoms with Gasteiger partial charge >= 0.3 is 5.69 Å². The van der Waals surface area contributed by atoms with Gasteiger partial charge in [-0.05, 0) is 12.7 Å². The Kier molecular flexibility index (Phi) is 5.63. The second-order valence-electron chi connectivity index (χ2n) is 3.60. The number of hydrogen-bond acceptors (Lipinski definition) is 7. The normalized spacial score (nSPS) is 11.9. The van der Waals surface area contributed by atoms with E-state index in [1.807, 2.05) is 6.26 Å². The molecule has 1 N–H and O–H groups in total. The van der Waals surface area contributed by atoms with Crippen LogP contribution in [0.2, 0.25) is 0 Å². The van der Waals surface area contributed by atoms with Crippen LogP contribution in [-0.2, 0) is 0 Å². The monoisotopic (exact) mass is 272 g/mol. The van der Waals surface area contributed by atoms with Crippen LogP contribution in [-0.4, -0.2) is 40.1 Å². The molecule has 0 amide bonds. The van der Waals surface area contributed by atoms with Crippen LogP contribution >= 0.6 is 11.8 Å². The van der Waals surface area contributed by atoms with Crippen LogP contribution in [0.5, 0.6) is 5.88 Å². The zero-order valence-corrected chi connectivity index (χ0v) is 11.4. The summed E-state index contributed by atoms with van der Waals surface area (Å²) in [4.78, 5) is 18.0. The lowest BCUT2D eigenvalue weighted by atomic mass is 10.3. The van der Waals surface area contributed by atoms with Gasteiger partial charge in [-0.25, -0.2) is 4.98 Å². The van der Waals surface area contributed by atoms with E-state index in [-0.39, 0.29) is 17.4 Å². The van der Waals surface area contributed by atoms with Crippen molar-refractivity contribution in [3.05, 3.63) is 16.4 Å². The number of thioether (sulfide) groups is 1. The van der Waals surface area contributed by atoms with E-state index < -0.39 is 4.92 Å². The first-order valence-corrected chi connectivity index (χ1v) is 6.69. The fraction of sp³-hybridized carbons (Fsp3) is 0.600. The van der Waals surface area contributed by atoms with E-state index in [0.29, 0.717) is 11.8 Å². The molecule has 1 rings (SSSR count). The molecule has 0 spiro atoms. The standard InChI is InChI=1S/C10H16N4O3S/c1-7(18-3)4-5-11-9-8(14(15)16)10(17-2)13-6-12-9/h6-7H,4-5H2,1-3H3,(H,11,12,13). The molecule has 1 aromatic rings. The number of hydrogen-bond donors (Lipinski definition) is 1. The topological polar surface area (TPSA) is 90.2 Å². The van der Waals surface area contributed by atoms with Crippen molar-refractivity contribution in [2.24, 2.45) is 0 Å². The van der Waals surface area contributed by atoms with Gasteiger partial charge in [0.1, 0.15) is 6.33 Å². The molecular weight excluding hydrogens is 256 g/mol. The summed E-state index contributed by atoms with van der Waals surface area (Å²) < 4.78 is 4.86. The summed E-state index contributed by atoms with van der Waals surface area (Å²) in [6.07, 6.45) is 4.16. The molecule has 18 heavy (non-hydrogen) atoms. The Balaban J connectivity index is 2.78. The van der Waals surface area contributed by atoms with Crippen molar-refractivity contribution in [2.45, 2.75) is 18.6 Å². The van der Waals surface area contributed by atoms with Crippen LogP contribution in [0.4, 0.5) is 11.5 Å². The zero-order chi connectivity index (χ0) is 13.5. The Hall–Kier alpha value is -1.57. The van der Waals surface area contributed by atoms with Gasteiger partial charge in [0, 0.05) is 11.8 Å². The number of rotatable bonds is 7. The number of aromatic nitrogens is 2. The third-order valence-electron chi connectivity index (χ3n) is 2.41. The van der Waals surface area contributed by atoms with Crippen molar-refractivity contribution >= 4 is 23.3 Å². The second-order valence-corrected chi connectivity index (χ2v) is 4.88. The van der Waals surface area contributed by atoms with Gasteiger partial charge in [-0.3, -0.25) is 10.1 Å². The number of nitrogens with zero attached hydrogens (tertiary/aromatic N) is 3. The second kappa shape index (κ2) is 7.00. The van der Waals surface area contributed by atoms with Crippen molar-refractivity contribution in [3.63, 3.8) is 0 Å². The maximum absolute atomic E-state index is 11.0. The molecule has 0 radical (unpaired) electrons. The highest BCUT2D eigenvalue weighted by Crippen LogP contribution is 2.30. The van der Waals surface area contributed by atoms with Crippen LogP contribution in [0, 0.1) is 10.1 Å². The predicted octanol–water partition coefficient (Wildman–Crippen LogP) is 1.95. The lowest BCUT2D eigenvalue weighted by molar-refractivity contribution is -0.385. The minimum absolute atomic E-state index is 0.0320. The highest BCUT2D eigenvalue weighted by molar-refractivity contribution is 7.99. The molecule has 0 fully saturated rings. The maximum atomic E-state index is 11.0. The smallest absolute Gasteiger partial charge is 0.372 e. The molecule has 1 aromatic heterocycles. The van der Waals surface area contributed by atoms with Gasteiger partial charge in [-0.2, -0.15) is 16.7 Å². The van der Waals surface area contributed by atoms with Crippen LogP contribution in [0.3, 0.4) is 0 Å². The Bertz CT molecular complexity index is 416. The number of anilines is 1. The predicted molar refractivity (Wildman–Crippen MR) is 71.3 cm³/mol. The highest BCUT2D eigenvalue weighted by atomic mass is 32.2. The number of nitrogens with one attached hydrogen (secondary N) is 1. The quantitative estimate of drug-likeness (QED) is 0.599. The maximum Gasteiger partial charge on any atom is 0.372 e. The summed E-state index contributed by atoms with van der Waals surface area (Å²) in [5.41, 5.74) is -0.225. The molecule has 7 nitrogen and oxygen atoms in total. The molecule has 0 aliphatic rings. The minimum Gasteiger partial charge on any atom is -0.476 e. The SMILES string of the molecule is COc1ncnc(NCCC(C)SC)c1[N+](=O)[O-]. The van der Waals surface area contributed by atoms with E-state index in [0.717, 1.165) is 6.42 Å². The first-order valence-electron chi connectivity index (χ1n) is 5.40. The van der Waals surface area contributed by atoms with Gasteiger partial charge in [0.2, 0.25) is 5.82 Å². The Morgan fingerprint density at radius 3 is 2.89 bits per heavy atom. The van der Waals surface area contributed by atoms with Gasteiger partial charge in [-0.15, -0.1) is 0 Å². The van der Waals surface area contributed by atoms with E-state index in [1.165, 1.54) is 13.4 Å². The Morgan fingerprint density at radius 2 is 2.33 bits per heavy atom. The molecule has 8 heteroatoms. The molecule has 0 aromatic carbocycles. The summed E-state index contributed by atoms with van der Waals surface area (Å²) in [5, 5.41) is 14.4. The molecule has 0 saturated heterocycles. The average molecular weight is 272 g/mol. The van der Waals surface area contributed by atoms with E-state index in [9.17, 15) is 10.1 Å². The van der Waals surface area contributed by atoms with Gasteiger partial charge < -0.3 is 10.1 Å². The van der Waals surface area contributed by atoms with Crippen molar-refractivity contribution in [2.75, 3.05) is 25.2 Å². The van der Waals surface area contributed by atoms with Crippen LogP contribution in [0.1, 0.15) is 13.3 Å². The molecule has 0 aliphatic carbocycles. The van der Waals surface area contributed by atoms with Crippen LogP contribution in [0.25, 0.3) is 0 Å². The van der Waals surface area contributed by atoms with Crippen LogP contribution in [0.15, 0.2) is 6.33 Å². The lowest BCUT2D eigenvalue weighted by Crippen LogP contribution is -2.11. The largest absolute Gasteiger partial charge is 0.476 e. The fourth-order valence-corrected chi connectivity index (χ4v) is 1.67. The Labute approximate surface area is 109 Å². The van der Waals surface area contributed by atoms with Crippen molar-refractivity contribution in [3.8, 4) is 5.88 Å². The Morgan fingerprint density at radius 1 is 1.61 bits per heavy atom. The van der Waals surface area contributed by atoms with Gasteiger partial charge in [0.05, 0.1) is 12.0 Å². The zero-order valence-electron chi connectivity index (χ0n) is 10.5. The molecule has 0 aliphatic heterocycles. The summed E-state index contributed by atoms with van der Waals surface area (Å²) in [6.45, 7) is 2.71. The lowest BCUT2D eigenvalue weighted by Gasteiger charge is -2.10. The summed E-state index contributed by atoms with van der Waals surface area (Å²) in [6, 6.07) is 0. The number of methoxy groups -OCH3 is 1. The van der Waals surface area contributed by atoms with E-state index in [4.69, 9.17) is 4.74 Å². The van der Waals surface area contributed by atoms with E-state index >= 15 is 0 Å². The summed E-state index contributed by atoms with van der Waals surface area (Å²) in [7, 11) is 1.34. The molecule has 100 valence electrons.